The molecule has 1 aliphatic carbocycles. The Morgan fingerprint density at radius 1 is 1.05 bits per heavy atom. The van der Waals surface area contributed by atoms with Crippen LogP contribution in [0.25, 0.3) is 0 Å². The quantitative estimate of drug-likeness (QED) is 0.922. The lowest BCUT2D eigenvalue weighted by molar-refractivity contribution is 0.0619. The maximum Gasteiger partial charge on any atom is 0.0572 e. The molecule has 1 aliphatic rings. The van der Waals surface area contributed by atoms with Gasteiger partial charge in [-0.2, -0.15) is 0 Å². The molecule has 0 aliphatic heterocycles. The fourth-order valence-corrected chi connectivity index (χ4v) is 3.32. The summed E-state index contributed by atoms with van der Waals surface area (Å²) in [6.45, 7) is 0. The molecule has 0 saturated heterocycles. The Kier molecular flexibility index (Phi) is 4.12. The first-order valence-electron chi connectivity index (χ1n) is 7.45. The first-order valence-corrected chi connectivity index (χ1v) is 7.45. The van der Waals surface area contributed by atoms with Crippen LogP contribution >= 0.6 is 0 Å². The van der Waals surface area contributed by atoms with Gasteiger partial charge in [-0.05, 0) is 54.7 Å². The summed E-state index contributed by atoms with van der Waals surface area (Å²) in [6.07, 6.45) is 7.54. The number of aromatic nitrogens is 1. The maximum absolute atomic E-state index is 10.3. The first-order chi connectivity index (χ1) is 9.83. The Morgan fingerprint density at radius 3 is 2.65 bits per heavy atom. The zero-order chi connectivity index (χ0) is 13.8. The molecule has 1 fully saturated rings. The van der Waals surface area contributed by atoms with Crippen LogP contribution in [-0.4, -0.2) is 16.2 Å². The van der Waals surface area contributed by atoms with Crippen molar-refractivity contribution in [2.24, 2.45) is 5.92 Å². The van der Waals surface area contributed by atoms with Gasteiger partial charge in [0.25, 0.3) is 0 Å². The second-order valence-electron chi connectivity index (χ2n) is 5.81. The summed E-state index contributed by atoms with van der Waals surface area (Å²) in [5, 5.41) is 10.3. The molecule has 2 aromatic rings. The molecule has 0 amide bonds. The number of rotatable bonds is 3. The third kappa shape index (κ3) is 3.07. The van der Waals surface area contributed by atoms with Crippen molar-refractivity contribution < 1.29 is 5.11 Å². The van der Waals surface area contributed by atoms with Gasteiger partial charge < -0.3 is 5.11 Å². The fraction of sp³-hybridized carbons (Fsp3) is 0.389. The van der Waals surface area contributed by atoms with Crippen LogP contribution in [0, 0.1) is 5.92 Å². The van der Waals surface area contributed by atoms with E-state index in [9.17, 15) is 5.11 Å². The second-order valence-corrected chi connectivity index (χ2v) is 5.81. The van der Waals surface area contributed by atoms with Crippen LogP contribution in [0.1, 0.15) is 36.3 Å². The number of hydrogen-bond donors (Lipinski definition) is 1. The summed E-state index contributed by atoms with van der Waals surface area (Å²) < 4.78 is 0. The molecule has 3 unspecified atom stereocenters. The van der Waals surface area contributed by atoms with Crippen LogP contribution in [0.5, 0.6) is 0 Å². The molecule has 3 atom stereocenters. The van der Waals surface area contributed by atoms with Gasteiger partial charge in [-0.1, -0.05) is 36.4 Å². The predicted molar refractivity (Wildman–Crippen MR) is 80.5 cm³/mol. The minimum Gasteiger partial charge on any atom is -0.393 e. The van der Waals surface area contributed by atoms with Crippen molar-refractivity contribution in [1.29, 1.82) is 0 Å². The van der Waals surface area contributed by atoms with Crippen LogP contribution < -0.4 is 0 Å². The van der Waals surface area contributed by atoms with Crippen LogP contribution in [-0.2, 0) is 6.42 Å². The normalized spacial score (nSPS) is 26.4. The molecule has 0 bridgehead atoms. The molecule has 0 spiro atoms. The molecule has 0 radical (unpaired) electrons. The van der Waals surface area contributed by atoms with E-state index in [2.05, 4.69) is 41.4 Å². The second kappa shape index (κ2) is 6.19. The van der Waals surface area contributed by atoms with Crippen molar-refractivity contribution in [3.05, 3.63) is 66.0 Å². The average molecular weight is 267 g/mol. The number of hydrogen-bond acceptors (Lipinski definition) is 2. The molecule has 1 N–H and O–H groups in total. The summed E-state index contributed by atoms with van der Waals surface area (Å²) in [6, 6.07) is 14.8. The van der Waals surface area contributed by atoms with Crippen molar-refractivity contribution in [1.82, 2.24) is 4.98 Å². The summed E-state index contributed by atoms with van der Waals surface area (Å²) >= 11 is 0. The maximum atomic E-state index is 10.3. The predicted octanol–water partition coefficient (Wildman–Crippen LogP) is 3.57. The number of nitrogens with zero attached hydrogens (tertiary/aromatic N) is 1. The molecule has 1 aromatic carbocycles. The first kappa shape index (κ1) is 13.3. The number of aliphatic hydroxyl groups is 1. The van der Waals surface area contributed by atoms with Gasteiger partial charge in [0, 0.05) is 12.4 Å². The number of benzene rings is 1. The molecule has 104 valence electrons. The molecule has 1 heterocycles. The van der Waals surface area contributed by atoms with Crippen molar-refractivity contribution in [3.8, 4) is 0 Å². The molecule has 3 rings (SSSR count). The largest absolute Gasteiger partial charge is 0.393 e. The van der Waals surface area contributed by atoms with Crippen molar-refractivity contribution >= 4 is 0 Å². The van der Waals surface area contributed by atoms with E-state index >= 15 is 0 Å². The van der Waals surface area contributed by atoms with Crippen LogP contribution in [0.4, 0.5) is 0 Å². The topological polar surface area (TPSA) is 33.1 Å². The van der Waals surface area contributed by atoms with E-state index in [1.165, 1.54) is 11.1 Å². The Morgan fingerprint density at radius 2 is 1.90 bits per heavy atom. The van der Waals surface area contributed by atoms with E-state index in [0.717, 1.165) is 25.7 Å². The van der Waals surface area contributed by atoms with E-state index in [-0.39, 0.29) is 6.10 Å². The SMILES string of the molecule is OC1CCC(c2ccccc2)CC1Cc1cccnc1. The van der Waals surface area contributed by atoms with Gasteiger partial charge in [0.2, 0.25) is 0 Å². The highest BCUT2D eigenvalue weighted by Gasteiger charge is 2.29. The smallest absolute Gasteiger partial charge is 0.0572 e. The lowest BCUT2D eigenvalue weighted by Crippen LogP contribution is -2.29. The minimum absolute atomic E-state index is 0.171. The van der Waals surface area contributed by atoms with Crippen molar-refractivity contribution in [2.45, 2.75) is 37.7 Å². The molecule has 2 nitrogen and oxygen atoms in total. The zero-order valence-electron chi connectivity index (χ0n) is 11.7. The van der Waals surface area contributed by atoms with E-state index in [1.54, 1.807) is 6.20 Å². The average Bonchev–Trinajstić information content (AvgIpc) is 2.51. The van der Waals surface area contributed by atoms with Crippen LogP contribution in [0.2, 0.25) is 0 Å². The van der Waals surface area contributed by atoms with Gasteiger partial charge in [-0.25, -0.2) is 0 Å². The Labute approximate surface area is 120 Å². The summed E-state index contributed by atoms with van der Waals surface area (Å²) in [5.74, 6) is 0.930. The van der Waals surface area contributed by atoms with Crippen LogP contribution in [0.3, 0.4) is 0 Å². The Hall–Kier alpha value is -1.67. The van der Waals surface area contributed by atoms with Crippen molar-refractivity contribution in [3.63, 3.8) is 0 Å². The molecule has 1 aromatic heterocycles. The number of pyridine rings is 1. The molecule has 2 heteroatoms. The lowest BCUT2D eigenvalue weighted by Gasteiger charge is -2.33. The van der Waals surface area contributed by atoms with E-state index in [1.807, 2.05) is 12.3 Å². The molecule has 1 saturated carbocycles. The third-order valence-corrected chi connectivity index (χ3v) is 4.43. The fourth-order valence-electron chi connectivity index (χ4n) is 3.32. The van der Waals surface area contributed by atoms with Gasteiger partial charge in [0.1, 0.15) is 0 Å². The van der Waals surface area contributed by atoms with Crippen LogP contribution in [0.15, 0.2) is 54.9 Å². The Bertz CT molecular complexity index is 526. The van der Waals surface area contributed by atoms with Gasteiger partial charge in [-0.15, -0.1) is 0 Å². The third-order valence-electron chi connectivity index (χ3n) is 4.43. The van der Waals surface area contributed by atoms with Gasteiger partial charge in [0.15, 0.2) is 0 Å². The summed E-state index contributed by atoms with van der Waals surface area (Å²) in [4.78, 5) is 4.17. The molecular weight excluding hydrogens is 246 g/mol. The van der Waals surface area contributed by atoms with Crippen molar-refractivity contribution in [2.75, 3.05) is 0 Å². The highest BCUT2D eigenvalue weighted by molar-refractivity contribution is 5.21. The van der Waals surface area contributed by atoms with Gasteiger partial charge >= 0.3 is 0 Å². The lowest BCUT2D eigenvalue weighted by atomic mass is 9.74. The number of aliphatic hydroxyl groups excluding tert-OH is 1. The highest BCUT2D eigenvalue weighted by Crippen LogP contribution is 2.37. The van der Waals surface area contributed by atoms with Gasteiger partial charge in [0.05, 0.1) is 6.10 Å². The van der Waals surface area contributed by atoms with E-state index < -0.39 is 0 Å². The van der Waals surface area contributed by atoms with Gasteiger partial charge in [-0.3, -0.25) is 4.98 Å². The highest BCUT2D eigenvalue weighted by atomic mass is 16.3. The van der Waals surface area contributed by atoms with E-state index in [0.29, 0.717) is 11.8 Å². The zero-order valence-corrected chi connectivity index (χ0v) is 11.7. The van der Waals surface area contributed by atoms with E-state index in [4.69, 9.17) is 0 Å². The minimum atomic E-state index is -0.171. The Balaban J connectivity index is 1.71. The molecule has 20 heavy (non-hydrogen) atoms. The standard InChI is InChI=1S/C18H21NO/c20-18-9-8-16(15-6-2-1-3-7-15)12-17(18)11-14-5-4-10-19-13-14/h1-7,10,13,16-18,20H,8-9,11-12H2. The molecular formula is C18H21NO. The summed E-state index contributed by atoms with van der Waals surface area (Å²) in [5.41, 5.74) is 2.64. The summed E-state index contributed by atoms with van der Waals surface area (Å²) in [7, 11) is 0. The monoisotopic (exact) mass is 267 g/mol.